The van der Waals surface area contributed by atoms with Crippen LogP contribution in [0.5, 0.6) is 0 Å². The van der Waals surface area contributed by atoms with Crippen molar-refractivity contribution in [3.8, 4) is 0 Å². The lowest BCUT2D eigenvalue weighted by Crippen LogP contribution is -2.29. The highest BCUT2D eigenvalue weighted by Gasteiger charge is 2.21. The average molecular weight is 419 g/mol. The maximum Gasteiger partial charge on any atom is 0.261 e. The molecule has 3 aromatic rings. The molecule has 0 saturated carbocycles. The largest absolute Gasteiger partial charge is 0.334 e. The van der Waals surface area contributed by atoms with Crippen LogP contribution < -0.4 is 4.72 Å². The Labute approximate surface area is 167 Å². The first-order chi connectivity index (χ1) is 13.3. The number of hydrogen-bond donors (Lipinski definition) is 1. The van der Waals surface area contributed by atoms with Crippen molar-refractivity contribution in [3.63, 3.8) is 0 Å². The summed E-state index contributed by atoms with van der Waals surface area (Å²) in [5.41, 5.74) is 0.239. The van der Waals surface area contributed by atoms with E-state index >= 15 is 0 Å². The first kappa shape index (κ1) is 20.0. The molecular formula is C20H19FN2O3S2. The van der Waals surface area contributed by atoms with E-state index in [1.54, 1.807) is 23.3 Å². The van der Waals surface area contributed by atoms with Crippen molar-refractivity contribution < 1.29 is 17.6 Å². The first-order valence-electron chi connectivity index (χ1n) is 8.47. The second-order valence-electron chi connectivity index (χ2n) is 6.22. The molecule has 0 aliphatic rings. The monoisotopic (exact) mass is 418 g/mol. The minimum atomic E-state index is -3.96. The topological polar surface area (TPSA) is 66.5 Å². The molecule has 3 rings (SSSR count). The molecule has 0 radical (unpaired) electrons. The van der Waals surface area contributed by atoms with E-state index in [1.807, 2.05) is 24.4 Å². The number of sulfonamides is 1. The molecule has 1 unspecified atom stereocenters. The van der Waals surface area contributed by atoms with E-state index in [0.717, 1.165) is 4.88 Å². The Morgan fingerprint density at radius 3 is 2.36 bits per heavy atom. The van der Waals surface area contributed by atoms with Crippen LogP contribution in [0.15, 0.2) is 70.9 Å². The van der Waals surface area contributed by atoms with Gasteiger partial charge in [-0.3, -0.25) is 9.52 Å². The normalized spacial score (nSPS) is 12.4. The zero-order chi connectivity index (χ0) is 20.3. The van der Waals surface area contributed by atoms with Gasteiger partial charge in [0.05, 0.1) is 16.6 Å². The smallest absolute Gasteiger partial charge is 0.261 e. The molecule has 0 fully saturated rings. The van der Waals surface area contributed by atoms with Crippen LogP contribution in [0.3, 0.4) is 0 Å². The summed E-state index contributed by atoms with van der Waals surface area (Å²) in [4.78, 5) is 15.3. The molecule has 0 saturated heterocycles. The van der Waals surface area contributed by atoms with Gasteiger partial charge in [0.1, 0.15) is 5.82 Å². The Hall–Kier alpha value is -2.71. The number of nitrogens with zero attached hydrogens (tertiary/aromatic N) is 1. The highest BCUT2D eigenvalue weighted by Crippen LogP contribution is 2.25. The van der Waals surface area contributed by atoms with Gasteiger partial charge >= 0.3 is 0 Å². The maximum absolute atomic E-state index is 13.7. The Bertz CT molecular complexity index is 1070. The summed E-state index contributed by atoms with van der Waals surface area (Å²) in [5, 5.41) is 1.95. The second kappa shape index (κ2) is 8.12. The highest BCUT2D eigenvalue weighted by atomic mass is 32.2. The number of anilines is 1. The molecule has 1 amide bonds. The Kier molecular flexibility index (Phi) is 5.81. The van der Waals surface area contributed by atoms with Crippen molar-refractivity contribution in [2.45, 2.75) is 17.9 Å². The number of halogens is 1. The predicted octanol–water partition coefficient (Wildman–Crippen LogP) is 4.52. The van der Waals surface area contributed by atoms with Gasteiger partial charge in [-0.05, 0) is 54.8 Å². The third-order valence-corrected chi connectivity index (χ3v) is 6.81. The molecule has 0 spiro atoms. The number of para-hydroxylation sites is 1. The van der Waals surface area contributed by atoms with E-state index in [9.17, 15) is 17.6 Å². The number of carbonyl (C=O) groups excluding carboxylic acids is 1. The van der Waals surface area contributed by atoms with Crippen molar-refractivity contribution in [2.24, 2.45) is 0 Å². The lowest BCUT2D eigenvalue weighted by atomic mass is 10.1. The van der Waals surface area contributed by atoms with E-state index in [1.165, 1.54) is 48.5 Å². The van der Waals surface area contributed by atoms with E-state index in [-0.39, 0.29) is 22.5 Å². The third kappa shape index (κ3) is 4.23. The van der Waals surface area contributed by atoms with Crippen molar-refractivity contribution in [3.05, 3.63) is 82.3 Å². The van der Waals surface area contributed by atoms with Gasteiger partial charge in [-0.25, -0.2) is 12.8 Å². The minimum absolute atomic E-state index is 0.0544. The average Bonchev–Trinajstić information content (AvgIpc) is 3.23. The van der Waals surface area contributed by atoms with E-state index in [4.69, 9.17) is 0 Å². The van der Waals surface area contributed by atoms with Gasteiger partial charge in [0.2, 0.25) is 0 Å². The molecular weight excluding hydrogens is 399 g/mol. The lowest BCUT2D eigenvalue weighted by Gasteiger charge is -2.24. The molecule has 8 heteroatoms. The summed E-state index contributed by atoms with van der Waals surface area (Å²) in [6, 6.07) is 14.9. The van der Waals surface area contributed by atoms with Crippen molar-refractivity contribution in [1.29, 1.82) is 0 Å². The van der Waals surface area contributed by atoms with Crippen LogP contribution in [0.1, 0.15) is 28.2 Å². The summed E-state index contributed by atoms with van der Waals surface area (Å²) < 4.78 is 40.8. The minimum Gasteiger partial charge on any atom is -0.334 e. The molecule has 1 aromatic heterocycles. The maximum atomic E-state index is 13.7. The van der Waals surface area contributed by atoms with Crippen LogP contribution in [0.4, 0.5) is 10.1 Å². The van der Waals surface area contributed by atoms with Crippen LogP contribution >= 0.6 is 11.3 Å². The summed E-state index contributed by atoms with van der Waals surface area (Å²) in [5.74, 6) is -0.881. The van der Waals surface area contributed by atoms with Crippen LogP contribution in [0.25, 0.3) is 0 Å². The van der Waals surface area contributed by atoms with Gasteiger partial charge < -0.3 is 4.90 Å². The van der Waals surface area contributed by atoms with Crippen LogP contribution in [-0.2, 0) is 10.0 Å². The fourth-order valence-corrected chi connectivity index (χ4v) is 4.52. The van der Waals surface area contributed by atoms with Gasteiger partial charge in [0.15, 0.2) is 0 Å². The molecule has 1 heterocycles. The highest BCUT2D eigenvalue weighted by molar-refractivity contribution is 7.92. The van der Waals surface area contributed by atoms with Crippen molar-refractivity contribution >= 4 is 33.0 Å². The molecule has 28 heavy (non-hydrogen) atoms. The van der Waals surface area contributed by atoms with Crippen LogP contribution in [0, 0.1) is 5.82 Å². The summed E-state index contributed by atoms with van der Waals surface area (Å²) >= 11 is 1.57. The number of hydrogen-bond acceptors (Lipinski definition) is 4. The van der Waals surface area contributed by atoms with Gasteiger partial charge in [-0.1, -0.05) is 18.2 Å². The number of amides is 1. The van der Waals surface area contributed by atoms with E-state index < -0.39 is 15.8 Å². The van der Waals surface area contributed by atoms with Gasteiger partial charge in [-0.15, -0.1) is 11.3 Å². The van der Waals surface area contributed by atoms with Crippen LogP contribution in [0.2, 0.25) is 0 Å². The summed E-state index contributed by atoms with van der Waals surface area (Å²) in [6.07, 6.45) is 0. The fourth-order valence-electron chi connectivity index (χ4n) is 2.62. The van der Waals surface area contributed by atoms with E-state index in [2.05, 4.69) is 4.72 Å². The molecule has 1 atom stereocenters. The molecule has 0 aliphatic carbocycles. The van der Waals surface area contributed by atoms with E-state index in [0.29, 0.717) is 5.56 Å². The lowest BCUT2D eigenvalue weighted by molar-refractivity contribution is 0.0745. The molecule has 0 aliphatic heterocycles. The SMILES string of the molecule is CC(c1cccs1)N(C)C(=O)c1ccc(S(=O)(=O)Nc2ccccc2F)cc1. The van der Waals surface area contributed by atoms with Gasteiger partial charge in [0, 0.05) is 17.5 Å². The Balaban J connectivity index is 1.77. The van der Waals surface area contributed by atoms with Gasteiger partial charge in [0.25, 0.3) is 15.9 Å². The van der Waals surface area contributed by atoms with Gasteiger partial charge in [-0.2, -0.15) is 0 Å². The first-order valence-corrected chi connectivity index (χ1v) is 10.8. The van der Waals surface area contributed by atoms with Crippen molar-refractivity contribution in [1.82, 2.24) is 4.90 Å². The summed E-state index contributed by atoms with van der Waals surface area (Å²) in [6.45, 7) is 1.93. The third-order valence-electron chi connectivity index (χ3n) is 4.39. The predicted molar refractivity (Wildman–Crippen MR) is 108 cm³/mol. The summed E-state index contributed by atoms with van der Waals surface area (Å²) in [7, 11) is -2.26. The van der Waals surface area contributed by atoms with Crippen LogP contribution in [-0.4, -0.2) is 26.3 Å². The molecule has 2 aromatic carbocycles. The quantitative estimate of drug-likeness (QED) is 0.640. The number of benzene rings is 2. The Morgan fingerprint density at radius 1 is 1.07 bits per heavy atom. The zero-order valence-electron chi connectivity index (χ0n) is 15.3. The zero-order valence-corrected chi connectivity index (χ0v) is 16.9. The number of rotatable bonds is 6. The standard InChI is InChI=1S/C20H19FN2O3S2/c1-14(19-8-5-13-27-19)23(2)20(24)15-9-11-16(12-10-15)28(25,26)22-18-7-4-3-6-17(18)21/h3-14,22H,1-2H3. The van der Waals surface area contributed by atoms with Crippen molar-refractivity contribution in [2.75, 3.05) is 11.8 Å². The molecule has 1 N–H and O–H groups in total. The number of thiophene rings is 1. The second-order valence-corrected chi connectivity index (χ2v) is 8.88. The number of nitrogens with one attached hydrogen (secondary N) is 1. The fraction of sp³-hybridized carbons (Fsp3) is 0.150. The molecule has 0 bridgehead atoms. The molecule has 146 valence electrons. The molecule has 5 nitrogen and oxygen atoms in total. The Morgan fingerprint density at radius 2 is 1.75 bits per heavy atom. The number of carbonyl (C=O) groups is 1.